The zero-order chi connectivity index (χ0) is 17.6. The second-order valence-electron chi connectivity index (χ2n) is 6.29. The second-order valence-corrected chi connectivity index (χ2v) is 6.29. The minimum absolute atomic E-state index is 0.248. The van der Waals surface area contributed by atoms with Gasteiger partial charge in [0.25, 0.3) is 0 Å². The van der Waals surface area contributed by atoms with Gasteiger partial charge in [-0.2, -0.15) is 0 Å². The largest absolute Gasteiger partial charge is 0.468 e. The zero-order valence-electron chi connectivity index (χ0n) is 13.7. The summed E-state index contributed by atoms with van der Waals surface area (Å²) in [5.74, 6) is -3.24. The van der Waals surface area contributed by atoms with Gasteiger partial charge < -0.3 is 4.74 Å². The predicted molar refractivity (Wildman–Crippen MR) is 82.1 cm³/mol. The molecule has 6 nitrogen and oxygen atoms in total. The van der Waals surface area contributed by atoms with Crippen molar-refractivity contribution in [3.8, 4) is 0 Å². The van der Waals surface area contributed by atoms with Crippen LogP contribution in [-0.4, -0.2) is 41.9 Å². The molecule has 0 unspecified atom stereocenters. The van der Waals surface area contributed by atoms with Crippen molar-refractivity contribution < 1.29 is 23.5 Å². The summed E-state index contributed by atoms with van der Waals surface area (Å²) in [5, 5.41) is 3.10. The lowest BCUT2D eigenvalue weighted by molar-refractivity contribution is -0.153. The first kappa shape index (κ1) is 16.6. The second kappa shape index (κ2) is 5.66. The van der Waals surface area contributed by atoms with Crippen molar-refractivity contribution in [1.82, 2.24) is 10.2 Å². The fraction of sp³-hybridized carbons (Fsp3) is 0.471. The summed E-state index contributed by atoms with van der Waals surface area (Å²) in [6, 6.07) is 5.13. The molecule has 7 heteroatoms. The first-order valence-electron chi connectivity index (χ1n) is 7.82. The van der Waals surface area contributed by atoms with Crippen LogP contribution in [0.25, 0.3) is 0 Å². The van der Waals surface area contributed by atoms with E-state index >= 15 is 0 Å². The van der Waals surface area contributed by atoms with E-state index in [0.717, 1.165) is 0 Å². The molecule has 128 valence electrons. The van der Waals surface area contributed by atoms with Gasteiger partial charge in [0.2, 0.25) is 11.8 Å². The number of halogens is 1. The summed E-state index contributed by atoms with van der Waals surface area (Å²) in [7, 11) is 1.24. The third kappa shape index (κ3) is 2.15. The number of methoxy groups -OCH3 is 1. The van der Waals surface area contributed by atoms with Crippen molar-refractivity contribution in [2.45, 2.75) is 25.4 Å². The summed E-state index contributed by atoms with van der Waals surface area (Å²) < 4.78 is 18.1. The van der Waals surface area contributed by atoms with Crippen LogP contribution < -0.4 is 5.32 Å². The van der Waals surface area contributed by atoms with Crippen molar-refractivity contribution in [1.29, 1.82) is 0 Å². The summed E-state index contributed by atoms with van der Waals surface area (Å²) in [4.78, 5) is 38.9. The van der Waals surface area contributed by atoms with Crippen LogP contribution in [0.4, 0.5) is 4.39 Å². The molecule has 0 aromatic heterocycles. The first-order valence-corrected chi connectivity index (χ1v) is 7.82. The fourth-order valence-electron chi connectivity index (χ4n) is 3.87. The molecule has 1 aromatic carbocycles. The van der Waals surface area contributed by atoms with Crippen molar-refractivity contribution >= 4 is 17.8 Å². The van der Waals surface area contributed by atoms with E-state index in [2.05, 4.69) is 5.32 Å². The van der Waals surface area contributed by atoms with Gasteiger partial charge in [-0.1, -0.05) is 12.1 Å². The van der Waals surface area contributed by atoms with Crippen molar-refractivity contribution in [3.05, 3.63) is 35.6 Å². The molecule has 0 aliphatic carbocycles. The van der Waals surface area contributed by atoms with E-state index in [1.54, 1.807) is 26.0 Å². The molecule has 2 fully saturated rings. The number of amides is 2. The van der Waals surface area contributed by atoms with Gasteiger partial charge in [0.05, 0.1) is 18.9 Å². The first-order chi connectivity index (χ1) is 11.3. The van der Waals surface area contributed by atoms with Crippen LogP contribution in [0.5, 0.6) is 0 Å². The number of benzene rings is 1. The van der Waals surface area contributed by atoms with Crippen LogP contribution in [0.2, 0.25) is 0 Å². The van der Waals surface area contributed by atoms with Crippen LogP contribution in [0, 0.1) is 17.7 Å². The summed E-state index contributed by atoms with van der Waals surface area (Å²) in [6.45, 7) is 3.54. The highest BCUT2D eigenvalue weighted by molar-refractivity contribution is 6.09. The number of fused-ring (bicyclic) bond motifs is 1. The molecular formula is C17H19FN2O4. The Balaban J connectivity index is 2.09. The predicted octanol–water partition coefficient (Wildman–Crippen LogP) is 1.02. The molecule has 0 bridgehead atoms. The molecule has 2 aliphatic rings. The zero-order valence-corrected chi connectivity index (χ0v) is 13.7. The van der Waals surface area contributed by atoms with Crippen molar-refractivity contribution in [2.24, 2.45) is 11.8 Å². The lowest BCUT2D eigenvalue weighted by Gasteiger charge is -2.28. The van der Waals surface area contributed by atoms with Crippen LogP contribution in [-0.2, 0) is 19.1 Å². The van der Waals surface area contributed by atoms with Gasteiger partial charge in [0.1, 0.15) is 11.4 Å². The number of carbonyl (C=O) groups excluding carboxylic acids is 3. The van der Waals surface area contributed by atoms with E-state index in [9.17, 15) is 18.8 Å². The van der Waals surface area contributed by atoms with E-state index in [4.69, 9.17) is 4.74 Å². The number of imide groups is 1. The Labute approximate surface area is 139 Å². The fourth-order valence-corrected chi connectivity index (χ4v) is 3.87. The van der Waals surface area contributed by atoms with E-state index in [0.29, 0.717) is 5.56 Å². The standard InChI is InChI=1S/C17H19FN2O4/c1-4-20-14(21)11-12(15(20)22)17(2,16(23)24-3)19-13(11)9-5-7-10(18)8-6-9/h5-8,11-13,19H,4H2,1-3H3/t11-,12+,13-,17-/m0/s1. The molecular weight excluding hydrogens is 315 g/mol. The van der Waals surface area contributed by atoms with Crippen molar-refractivity contribution in [2.75, 3.05) is 13.7 Å². The minimum atomic E-state index is -1.31. The number of rotatable bonds is 3. The Morgan fingerprint density at radius 3 is 2.46 bits per heavy atom. The topological polar surface area (TPSA) is 75.7 Å². The van der Waals surface area contributed by atoms with Gasteiger partial charge in [-0.05, 0) is 31.5 Å². The van der Waals surface area contributed by atoms with E-state index in [1.807, 2.05) is 0 Å². The number of likely N-dealkylation sites (tertiary alicyclic amines) is 1. The number of hydrogen-bond acceptors (Lipinski definition) is 5. The summed E-state index contributed by atoms with van der Waals surface area (Å²) in [5.41, 5.74) is -0.659. The highest BCUT2D eigenvalue weighted by Gasteiger charge is 2.66. The van der Waals surface area contributed by atoms with E-state index in [1.165, 1.54) is 24.1 Å². The lowest BCUT2D eigenvalue weighted by Crippen LogP contribution is -2.53. The molecule has 0 radical (unpaired) electrons. The van der Waals surface area contributed by atoms with Gasteiger partial charge in [-0.3, -0.25) is 24.6 Å². The van der Waals surface area contributed by atoms with Crippen LogP contribution in [0.3, 0.4) is 0 Å². The third-order valence-corrected chi connectivity index (χ3v) is 5.03. The number of esters is 1. The maximum Gasteiger partial charge on any atom is 0.326 e. The molecule has 4 atom stereocenters. The highest BCUT2D eigenvalue weighted by atomic mass is 19.1. The molecule has 1 N–H and O–H groups in total. The Morgan fingerprint density at radius 1 is 1.29 bits per heavy atom. The maximum absolute atomic E-state index is 13.2. The number of nitrogens with one attached hydrogen (secondary N) is 1. The number of carbonyl (C=O) groups is 3. The average molecular weight is 334 g/mol. The van der Waals surface area contributed by atoms with Gasteiger partial charge in [-0.25, -0.2) is 4.39 Å². The van der Waals surface area contributed by atoms with Crippen molar-refractivity contribution in [3.63, 3.8) is 0 Å². The third-order valence-electron chi connectivity index (χ3n) is 5.03. The molecule has 2 aliphatic heterocycles. The van der Waals surface area contributed by atoms with Gasteiger partial charge in [-0.15, -0.1) is 0 Å². The lowest BCUT2D eigenvalue weighted by atomic mass is 9.80. The van der Waals surface area contributed by atoms with Crippen LogP contribution in [0.15, 0.2) is 24.3 Å². The number of nitrogens with zero attached hydrogens (tertiary/aromatic N) is 1. The molecule has 24 heavy (non-hydrogen) atoms. The molecule has 2 saturated heterocycles. The maximum atomic E-state index is 13.2. The Hall–Kier alpha value is -2.28. The molecule has 3 rings (SSSR count). The number of hydrogen-bond donors (Lipinski definition) is 1. The quantitative estimate of drug-likeness (QED) is 0.660. The average Bonchev–Trinajstić information content (AvgIpc) is 3.02. The summed E-state index contributed by atoms with van der Waals surface area (Å²) in [6.07, 6.45) is 0. The number of ether oxygens (including phenoxy) is 1. The molecule has 1 aromatic rings. The molecule has 0 saturated carbocycles. The molecule has 2 amide bonds. The van der Waals surface area contributed by atoms with E-state index in [-0.39, 0.29) is 18.4 Å². The Bertz CT molecular complexity index is 705. The van der Waals surface area contributed by atoms with Gasteiger partial charge >= 0.3 is 5.97 Å². The van der Waals surface area contributed by atoms with Gasteiger partial charge in [0.15, 0.2) is 0 Å². The molecule has 2 heterocycles. The Morgan fingerprint density at radius 2 is 1.92 bits per heavy atom. The van der Waals surface area contributed by atoms with Gasteiger partial charge in [0, 0.05) is 12.6 Å². The normalized spacial score (nSPS) is 32.2. The van der Waals surface area contributed by atoms with Crippen LogP contribution >= 0.6 is 0 Å². The smallest absolute Gasteiger partial charge is 0.326 e. The van der Waals surface area contributed by atoms with E-state index < -0.39 is 35.2 Å². The monoisotopic (exact) mass is 334 g/mol. The minimum Gasteiger partial charge on any atom is -0.468 e. The highest BCUT2D eigenvalue weighted by Crippen LogP contribution is 2.48. The SMILES string of the molecule is CCN1C(=O)[C@@H]2[C@H](c3ccc(F)cc3)N[C@](C)(C(=O)OC)[C@H]2C1=O. The van der Waals surface area contributed by atoms with Crippen LogP contribution in [0.1, 0.15) is 25.5 Å². The molecule has 0 spiro atoms. The summed E-state index contributed by atoms with van der Waals surface area (Å²) >= 11 is 0. The Kier molecular flexibility index (Phi) is 3.91.